The predicted molar refractivity (Wildman–Crippen MR) is 53.7 cm³/mol. The van der Waals surface area contributed by atoms with E-state index in [0.717, 1.165) is 0 Å². The van der Waals surface area contributed by atoms with Crippen LogP contribution in [0.1, 0.15) is 35.1 Å². The van der Waals surface area contributed by atoms with Gasteiger partial charge in [0.15, 0.2) is 0 Å². The lowest BCUT2D eigenvalue weighted by Gasteiger charge is -1.70. The lowest BCUT2D eigenvalue weighted by Crippen LogP contribution is -1.58. The van der Waals surface area contributed by atoms with Gasteiger partial charge >= 0.3 is 0 Å². The molecular weight excluding hydrogens is 134 g/mol. The Morgan fingerprint density at radius 2 is 1.09 bits per heavy atom. The van der Waals surface area contributed by atoms with E-state index in [1.807, 2.05) is 45.9 Å². The van der Waals surface area contributed by atoms with E-state index < -0.39 is 0 Å². The van der Waals surface area contributed by atoms with Crippen LogP contribution < -0.4 is 0 Å². The summed E-state index contributed by atoms with van der Waals surface area (Å²) in [5.41, 5.74) is 0. The second-order valence-electron chi connectivity index (χ2n) is 1.02. The quantitative estimate of drug-likeness (QED) is 0.555. The van der Waals surface area contributed by atoms with Gasteiger partial charge in [-0.15, -0.1) is 0 Å². The number of pyridine rings is 1. The van der Waals surface area contributed by atoms with Crippen LogP contribution in [0.3, 0.4) is 0 Å². The molecule has 11 heavy (non-hydrogen) atoms. The Balaban J connectivity index is -0.000000114. The number of rotatable bonds is 0. The van der Waals surface area contributed by atoms with Crippen LogP contribution in [-0.2, 0) is 0 Å². The summed E-state index contributed by atoms with van der Waals surface area (Å²) in [7, 11) is 0. The minimum Gasteiger partial charge on any atom is -0.265 e. The van der Waals surface area contributed by atoms with Crippen molar-refractivity contribution in [3.05, 3.63) is 30.6 Å². The molecule has 0 aromatic carbocycles. The summed E-state index contributed by atoms with van der Waals surface area (Å²) < 4.78 is 0. The van der Waals surface area contributed by atoms with Crippen LogP contribution in [0.25, 0.3) is 0 Å². The largest absolute Gasteiger partial charge is 0.265 e. The number of hydrogen-bond donors (Lipinski definition) is 0. The van der Waals surface area contributed by atoms with Gasteiger partial charge in [-0.2, -0.15) is 0 Å². The summed E-state index contributed by atoms with van der Waals surface area (Å²) in [5, 5.41) is 0. The van der Waals surface area contributed by atoms with Gasteiger partial charge in [-0.1, -0.05) is 41.2 Å². The van der Waals surface area contributed by atoms with E-state index in [2.05, 4.69) is 4.98 Å². The second kappa shape index (κ2) is 22.9. The molecule has 1 heteroatoms. The van der Waals surface area contributed by atoms with Crippen molar-refractivity contribution in [3.8, 4) is 0 Å². The molecule has 0 saturated carbocycles. The van der Waals surface area contributed by atoms with Gasteiger partial charge in [0.1, 0.15) is 0 Å². The Morgan fingerprint density at radius 3 is 1.18 bits per heavy atom. The molecule has 1 heterocycles. The summed E-state index contributed by atoms with van der Waals surface area (Å²) in [6, 6.07) is 5.72. The molecular formula is C10H21N. The molecule has 0 unspecified atom stereocenters. The SMILES string of the molecule is C.CC.CC.c1ccncc1. The van der Waals surface area contributed by atoms with Gasteiger partial charge in [-0.25, -0.2) is 0 Å². The zero-order valence-corrected chi connectivity index (χ0v) is 7.33. The molecule has 0 aliphatic carbocycles. The molecule has 1 rings (SSSR count). The molecule has 0 aliphatic rings. The minimum absolute atomic E-state index is 0. The summed E-state index contributed by atoms with van der Waals surface area (Å²) in [6.45, 7) is 8.00. The molecule has 1 aromatic heterocycles. The highest BCUT2D eigenvalue weighted by molar-refractivity contribution is 4.88. The number of hydrogen-bond acceptors (Lipinski definition) is 1. The summed E-state index contributed by atoms with van der Waals surface area (Å²) >= 11 is 0. The van der Waals surface area contributed by atoms with Crippen molar-refractivity contribution in [2.75, 3.05) is 0 Å². The topological polar surface area (TPSA) is 12.9 Å². The van der Waals surface area contributed by atoms with Crippen molar-refractivity contribution in [2.24, 2.45) is 0 Å². The van der Waals surface area contributed by atoms with E-state index in [4.69, 9.17) is 0 Å². The van der Waals surface area contributed by atoms with Crippen molar-refractivity contribution in [2.45, 2.75) is 35.1 Å². The standard InChI is InChI=1S/C5H5N.2C2H6.CH4/c1-2-4-6-5-3-1;2*1-2;/h1-5H;2*1-2H3;1H4. The molecule has 1 aromatic rings. The first-order valence-electron chi connectivity index (χ1n) is 3.85. The molecule has 66 valence electrons. The lowest BCUT2D eigenvalue weighted by atomic mass is 10.5. The monoisotopic (exact) mass is 155 g/mol. The van der Waals surface area contributed by atoms with Gasteiger partial charge in [0.25, 0.3) is 0 Å². The molecule has 0 atom stereocenters. The van der Waals surface area contributed by atoms with Gasteiger partial charge in [0, 0.05) is 12.4 Å². The Hall–Kier alpha value is -0.850. The van der Waals surface area contributed by atoms with Gasteiger partial charge in [-0.05, 0) is 12.1 Å². The lowest BCUT2D eigenvalue weighted by molar-refractivity contribution is 1.33. The average Bonchev–Trinajstić information content (AvgIpc) is 2.14. The van der Waals surface area contributed by atoms with Crippen LogP contribution in [0.4, 0.5) is 0 Å². The molecule has 0 fully saturated rings. The Bertz CT molecular complexity index is 76.8. The Kier molecular flexibility index (Phi) is 34.6. The third-order valence-electron chi connectivity index (χ3n) is 0.566. The van der Waals surface area contributed by atoms with Crippen molar-refractivity contribution < 1.29 is 0 Å². The number of nitrogens with zero attached hydrogens (tertiary/aromatic N) is 1. The first-order chi connectivity index (χ1) is 5.00. The molecule has 0 saturated heterocycles. The van der Waals surface area contributed by atoms with Crippen molar-refractivity contribution >= 4 is 0 Å². The summed E-state index contributed by atoms with van der Waals surface area (Å²) in [4.78, 5) is 3.78. The minimum atomic E-state index is 0. The maximum absolute atomic E-state index is 3.78. The van der Waals surface area contributed by atoms with Crippen LogP contribution in [0.2, 0.25) is 0 Å². The van der Waals surface area contributed by atoms with Crippen molar-refractivity contribution in [1.82, 2.24) is 4.98 Å². The third kappa shape index (κ3) is 17.6. The van der Waals surface area contributed by atoms with E-state index in [9.17, 15) is 0 Å². The summed E-state index contributed by atoms with van der Waals surface area (Å²) in [5.74, 6) is 0. The van der Waals surface area contributed by atoms with E-state index >= 15 is 0 Å². The zero-order valence-electron chi connectivity index (χ0n) is 7.33. The highest BCUT2D eigenvalue weighted by Crippen LogP contribution is 1.73. The molecule has 0 aliphatic heterocycles. The molecule has 0 amide bonds. The van der Waals surface area contributed by atoms with E-state index in [0.29, 0.717) is 0 Å². The first kappa shape index (κ1) is 16.6. The van der Waals surface area contributed by atoms with Crippen molar-refractivity contribution in [1.29, 1.82) is 0 Å². The fraction of sp³-hybridized carbons (Fsp3) is 0.500. The normalized spacial score (nSPS) is 5.45. The predicted octanol–water partition coefficient (Wildman–Crippen LogP) is 3.77. The highest BCUT2D eigenvalue weighted by atomic mass is 14.6. The van der Waals surface area contributed by atoms with Crippen LogP contribution in [-0.4, -0.2) is 4.98 Å². The van der Waals surface area contributed by atoms with E-state index in [1.165, 1.54) is 0 Å². The van der Waals surface area contributed by atoms with Gasteiger partial charge in [-0.3, -0.25) is 4.98 Å². The molecule has 0 radical (unpaired) electrons. The molecule has 0 bridgehead atoms. The maximum atomic E-state index is 3.78. The Labute approximate surface area is 71.5 Å². The van der Waals surface area contributed by atoms with Crippen LogP contribution in [0.15, 0.2) is 30.6 Å². The van der Waals surface area contributed by atoms with Crippen LogP contribution >= 0.6 is 0 Å². The van der Waals surface area contributed by atoms with Gasteiger partial charge in [0.05, 0.1) is 0 Å². The first-order valence-corrected chi connectivity index (χ1v) is 3.85. The third-order valence-corrected chi connectivity index (χ3v) is 0.566. The van der Waals surface area contributed by atoms with Gasteiger partial charge < -0.3 is 0 Å². The number of aromatic nitrogens is 1. The van der Waals surface area contributed by atoms with E-state index in [-0.39, 0.29) is 7.43 Å². The second-order valence-corrected chi connectivity index (χ2v) is 1.02. The summed E-state index contributed by atoms with van der Waals surface area (Å²) in [6.07, 6.45) is 3.50. The fourth-order valence-electron chi connectivity index (χ4n) is 0.313. The molecule has 0 spiro atoms. The Morgan fingerprint density at radius 1 is 0.727 bits per heavy atom. The highest BCUT2D eigenvalue weighted by Gasteiger charge is 1.58. The van der Waals surface area contributed by atoms with Crippen LogP contribution in [0.5, 0.6) is 0 Å². The van der Waals surface area contributed by atoms with Crippen molar-refractivity contribution in [3.63, 3.8) is 0 Å². The molecule has 0 N–H and O–H groups in total. The van der Waals surface area contributed by atoms with E-state index in [1.54, 1.807) is 12.4 Å². The van der Waals surface area contributed by atoms with Gasteiger partial charge in [0.2, 0.25) is 0 Å². The average molecular weight is 155 g/mol. The van der Waals surface area contributed by atoms with Crippen LogP contribution in [0, 0.1) is 0 Å². The maximum Gasteiger partial charge on any atom is 0.0267 e. The zero-order chi connectivity index (χ0) is 8.24. The smallest absolute Gasteiger partial charge is 0.0267 e. The molecule has 1 nitrogen and oxygen atoms in total. The fourth-order valence-corrected chi connectivity index (χ4v) is 0.313.